The number of benzene rings is 1. The lowest BCUT2D eigenvalue weighted by Crippen LogP contribution is -2.32. The fourth-order valence-electron chi connectivity index (χ4n) is 3.28. The number of anilines is 1. The number of aryl methyl sites for hydroxylation is 1. The summed E-state index contributed by atoms with van der Waals surface area (Å²) in [6, 6.07) is 9.08. The van der Waals surface area contributed by atoms with E-state index in [1.54, 1.807) is 35.4 Å². The average molecular weight is 408 g/mol. The summed E-state index contributed by atoms with van der Waals surface area (Å²) in [5.41, 5.74) is 2.18. The summed E-state index contributed by atoms with van der Waals surface area (Å²) in [5.74, 6) is 0.501. The molecule has 0 spiro atoms. The van der Waals surface area contributed by atoms with E-state index in [0.29, 0.717) is 36.8 Å². The number of nitrogens with one attached hydrogen (secondary N) is 2. The van der Waals surface area contributed by atoms with Gasteiger partial charge in [-0.05, 0) is 36.8 Å². The largest absolute Gasteiger partial charge is 0.345 e. The molecule has 1 fully saturated rings. The molecule has 2 aromatic heterocycles. The van der Waals surface area contributed by atoms with Crippen LogP contribution in [0.25, 0.3) is 0 Å². The Kier molecular flexibility index (Phi) is 5.42. The molecule has 1 aliphatic rings. The maximum Gasteiger partial charge on any atom is 0.326 e. The van der Waals surface area contributed by atoms with Crippen LogP contribution in [0.2, 0.25) is 0 Å². The summed E-state index contributed by atoms with van der Waals surface area (Å²) in [6.07, 6.45) is 3.21. The Morgan fingerprint density at radius 2 is 2.00 bits per heavy atom. The Morgan fingerprint density at radius 3 is 2.73 bits per heavy atom. The minimum atomic E-state index is -0.311. The summed E-state index contributed by atoms with van der Waals surface area (Å²) in [5, 5.41) is 2.80. The van der Waals surface area contributed by atoms with Gasteiger partial charge in [-0.2, -0.15) is 0 Å². The highest BCUT2D eigenvalue weighted by Gasteiger charge is 2.30. The number of carbonyl (C=O) groups is 2. The minimum absolute atomic E-state index is 0.199. The normalized spacial score (nSPS) is 13.7. The Balaban J connectivity index is 1.41. The maximum absolute atomic E-state index is 13.1. The molecular weight excluding hydrogens is 387 g/mol. The molecule has 0 bridgehead atoms. The van der Waals surface area contributed by atoms with Gasteiger partial charge in [-0.3, -0.25) is 9.69 Å². The molecule has 30 heavy (non-hydrogen) atoms. The highest BCUT2D eigenvalue weighted by Crippen LogP contribution is 2.21. The highest BCUT2D eigenvalue weighted by atomic mass is 19.1. The van der Waals surface area contributed by atoms with E-state index in [1.807, 2.05) is 6.92 Å². The molecule has 9 heteroatoms. The second-order valence-corrected chi connectivity index (χ2v) is 7.08. The SMILES string of the molecule is Cc1cnc(CNC(=O)c2ccnc(N3CCN(Cc4ccc(F)cc4)C3=O)c2)[nH]1. The van der Waals surface area contributed by atoms with E-state index >= 15 is 0 Å². The predicted molar refractivity (Wildman–Crippen MR) is 108 cm³/mol. The molecule has 3 aromatic rings. The number of carbonyl (C=O) groups excluding carboxylic acids is 2. The molecule has 4 rings (SSSR count). The maximum atomic E-state index is 13.1. The molecule has 3 heterocycles. The predicted octanol–water partition coefficient (Wildman–Crippen LogP) is 2.62. The van der Waals surface area contributed by atoms with Gasteiger partial charge in [0, 0.05) is 43.3 Å². The van der Waals surface area contributed by atoms with Gasteiger partial charge in [0.05, 0.1) is 6.54 Å². The molecule has 154 valence electrons. The van der Waals surface area contributed by atoms with Gasteiger partial charge >= 0.3 is 6.03 Å². The highest BCUT2D eigenvalue weighted by molar-refractivity contribution is 5.97. The number of aromatic nitrogens is 3. The zero-order chi connectivity index (χ0) is 21.1. The lowest BCUT2D eigenvalue weighted by Gasteiger charge is -2.18. The van der Waals surface area contributed by atoms with Crippen molar-refractivity contribution in [2.24, 2.45) is 0 Å². The molecule has 0 radical (unpaired) electrons. The summed E-state index contributed by atoms with van der Waals surface area (Å²) >= 11 is 0. The van der Waals surface area contributed by atoms with E-state index in [4.69, 9.17) is 0 Å². The monoisotopic (exact) mass is 408 g/mol. The number of imidazole rings is 1. The number of nitrogens with zero attached hydrogens (tertiary/aromatic N) is 4. The van der Waals surface area contributed by atoms with Gasteiger partial charge in [-0.1, -0.05) is 12.1 Å². The minimum Gasteiger partial charge on any atom is -0.345 e. The number of aromatic amines is 1. The van der Waals surface area contributed by atoms with Gasteiger partial charge in [-0.25, -0.2) is 19.2 Å². The van der Waals surface area contributed by atoms with Crippen molar-refractivity contribution >= 4 is 17.8 Å². The summed E-state index contributed by atoms with van der Waals surface area (Å²) in [7, 11) is 0. The van der Waals surface area contributed by atoms with Gasteiger partial charge < -0.3 is 15.2 Å². The van der Waals surface area contributed by atoms with Crippen LogP contribution in [0.5, 0.6) is 0 Å². The zero-order valence-electron chi connectivity index (χ0n) is 16.4. The van der Waals surface area contributed by atoms with Gasteiger partial charge in [0.1, 0.15) is 17.5 Å². The first-order valence-corrected chi connectivity index (χ1v) is 9.55. The smallest absolute Gasteiger partial charge is 0.326 e. The van der Waals surface area contributed by atoms with E-state index in [-0.39, 0.29) is 24.3 Å². The summed E-state index contributed by atoms with van der Waals surface area (Å²) < 4.78 is 13.1. The second kappa shape index (κ2) is 8.32. The average Bonchev–Trinajstić information content (AvgIpc) is 3.33. The van der Waals surface area contributed by atoms with Gasteiger partial charge in [0.25, 0.3) is 5.91 Å². The van der Waals surface area contributed by atoms with Crippen LogP contribution in [-0.4, -0.2) is 44.9 Å². The van der Waals surface area contributed by atoms with E-state index in [1.165, 1.54) is 23.2 Å². The standard InChI is InChI=1S/C21H21FN6O2/c1-14-11-24-18(26-14)12-25-20(29)16-6-7-23-19(10-16)28-9-8-27(21(28)30)13-15-2-4-17(22)5-3-15/h2-7,10-11H,8-9,12-13H2,1H3,(H,24,26)(H,25,29). The third kappa shape index (κ3) is 4.29. The van der Waals surface area contributed by atoms with Crippen LogP contribution in [0.3, 0.4) is 0 Å². The van der Waals surface area contributed by atoms with Crippen LogP contribution in [0.15, 0.2) is 48.8 Å². The number of rotatable bonds is 6. The number of pyridine rings is 1. The lowest BCUT2D eigenvalue weighted by molar-refractivity contribution is 0.0949. The Labute approximate surface area is 172 Å². The molecule has 0 aliphatic carbocycles. The molecule has 3 amide bonds. The van der Waals surface area contributed by atoms with Gasteiger partial charge in [0.15, 0.2) is 0 Å². The number of urea groups is 1. The molecule has 0 atom stereocenters. The van der Waals surface area contributed by atoms with E-state index in [9.17, 15) is 14.0 Å². The Morgan fingerprint density at radius 1 is 1.20 bits per heavy atom. The molecule has 0 saturated carbocycles. The van der Waals surface area contributed by atoms with Crippen molar-refractivity contribution < 1.29 is 14.0 Å². The first-order valence-electron chi connectivity index (χ1n) is 9.55. The van der Waals surface area contributed by atoms with Crippen LogP contribution >= 0.6 is 0 Å². The van der Waals surface area contributed by atoms with Crippen molar-refractivity contribution in [3.05, 3.63) is 77.3 Å². The van der Waals surface area contributed by atoms with Crippen LogP contribution in [0, 0.1) is 12.7 Å². The van der Waals surface area contributed by atoms with Crippen molar-refractivity contribution in [2.75, 3.05) is 18.0 Å². The molecule has 0 unspecified atom stereocenters. The first kappa shape index (κ1) is 19.6. The van der Waals surface area contributed by atoms with E-state index in [0.717, 1.165) is 11.3 Å². The number of hydrogen-bond donors (Lipinski definition) is 2. The van der Waals surface area contributed by atoms with Crippen molar-refractivity contribution in [2.45, 2.75) is 20.0 Å². The first-order chi connectivity index (χ1) is 14.5. The fourth-order valence-corrected chi connectivity index (χ4v) is 3.28. The Hall–Kier alpha value is -3.75. The number of H-pyrrole nitrogens is 1. The van der Waals surface area contributed by atoms with E-state index in [2.05, 4.69) is 20.3 Å². The van der Waals surface area contributed by atoms with Crippen LogP contribution in [-0.2, 0) is 13.1 Å². The third-order valence-electron chi connectivity index (χ3n) is 4.84. The molecular formula is C21H21FN6O2. The van der Waals surface area contributed by atoms with Crippen molar-refractivity contribution in [1.29, 1.82) is 0 Å². The number of hydrogen-bond acceptors (Lipinski definition) is 4. The Bertz CT molecular complexity index is 1070. The number of amides is 3. The zero-order valence-corrected chi connectivity index (χ0v) is 16.4. The second-order valence-electron chi connectivity index (χ2n) is 7.08. The number of halogens is 1. The van der Waals surface area contributed by atoms with Gasteiger partial charge in [0.2, 0.25) is 0 Å². The molecule has 8 nitrogen and oxygen atoms in total. The van der Waals surface area contributed by atoms with Gasteiger partial charge in [-0.15, -0.1) is 0 Å². The molecule has 1 aromatic carbocycles. The molecule has 2 N–H and O–H groups in total. The lowest BCUT2D eigenvalue weighted by atomic mass is 10.2. The molecule has 1 aliphatic heterocycles. The molecule has 1 saturated heterocycles. The summed E-state index contributed by atoms with van der Waals surface area (Å²) in [4.78, 5) is 40.0. The van der Waals surface area contributed by atoms with Crippen molar-refractivity contribution in [3.63, 3.8) is 0 Å². The van der Waals surface area contributed by atoms with Crippen LogP contribution in [0.4, 0.5) is 15.0 Å². The quantitative estimate of drug-likeness (QED) is 0.656. The van der Waals surface area contributed by atoms with Crippen LogP contribution in [0.1, 0.15) is 27.4 Å². The fraction of sp³-hybridized carbons (Fsp3) is 0.238. The third-order valence-corrected chi connectivity index (χ3v) is 4.84. The van der Waals surface area contributed by atoms with Crippen molar-refractivity contribution in [1.82, 2.24) is 25.2 Å². The topological polar surface area (TPSA) is 94.2 Å². The van der Waals surface area contributed by atoms with Crippen molar-refractivity contribution in [3.8, 4) is 0 Å². The van der Waals surface area contributed by atoms with E-state index < -0.39 is 0 Å². The summed E-state index contributed by atoms with van der Waals surface area (Å²) in [6.45, 7) is 3.53. The van der Waals surface area contributed by atoms with Crippen LogP contribution < -0.4 is 10.2 Å².